The molecule has 0 bridgehead atoms. The third-order valence-corrected chi connectivity index (χ3v) is 2.19. The summed E-state index contributed by atoms with van der Waals surface area (Å²) >= 11 is 0. The van der Waals surface area contributed by atoms with Crippen molar-refractivity contribution in [2.45, 2.75) is 27.2 Å². The van der Waals surface area contributed by atoms with Gasteiger partial charge in [0, 0.05) is 0 Å². The monoisotopic (exact) mass is 186 g/mol. The van der Waals surface area contributed by atoms with Crippen molar-refractivity contribution in [1.82, 2.24) is 0 Å². The summed E-state index contributed by atoms with van der Waals surface area (Å²) in [5.74, 6) is 0. The lowest BCUT2D eigenvalue weighted by molar-refractivity contribution is 1.41. The summed E-state index contributed by atoms with van der Waals surface area (Å²) in [6, 6.07) is 10.6. The zero-order valence-corrected chi connectivity index (χ0v) is 9.25. The topological polar surface area (TPSA) is 0 Å². The molecule has 0 N–H and O–H groups in total. The van der Waals surface area contributed by atoms with E-state index in [9.17, 15) is 0 Å². The Morgan fingerprint density at radius 2 is 1.64 bits per heavy atom. The first-order chi connectivity index (χ1) is 6.86. The fourth-order valence-corrected chi connectivity index (χ4v) is 1.52. The number of hydrogen-bond acceptors (Lipinski definition) is 0. The Labute approximate surface area is 87.0 Å². The predicted molar refractivity (Wildman–Crippen MR) is 64.1 cm³/mol. The minimum Gasteiger partial charge on any atom is -0.0772 e. The van der Waals surface area contributed by atoms with E-state index in [1.165, 1.54) is 16.7 Å². The minimum atomic E-state index is 1.09. The van der Waals surface area contributed by atoms with E-state index >= 15 is 0 Å². The van der Waals surface area contributed by atoms with Gasteiger partial charge in [0.2, 0.25) is 0 Å². The Morgan fingerprint density at radius 3 is 2.14 bits per heavy atom. The lowest BCUT2D eigenvalue weighted by Gasteiger charge is -1.99. The van der Waals surface area contributed by atoms with Crippen molar-refractivity contribution < 1.29 is 0 Å². The van der Waals surface area contributed by atoms with Gasteiger partial charge in [0.05, 0.1) is 0 Å². The summed E-state index contributed by atoms with van der Waals surface area (Å²) in [5, 5.41) is 0. The Balaban J connectivity index is 0.000000461. The van der Waals surface area contributed by atoms with Gasteiger partial charge in [-0.25, -0.2) is 0 Å². The zero-order valence-electron chi connectivity index (χ0n) is 9.25. The first-order valence-corrected chi connectivity index (χ1v) is 5.29. The number of benzene rings is 1. The molecular formula is C14H18. The fourth-order valence-electron chi connectivity index (χ4n) is 1.52. The average Bonchev–Trinajstić information content (AvgIpc) is 2.69. The highest BCUT2D eigenvalue weighted by molar-refractivity contribution is 5.72. The summed E-state index contributed by atoms with van der Waals surface area (Å²) < 4.78 is 0. The van der Waals surface area contributed by atoms with Crippen LogP contribution in [-0.2, 0) is 0 Å². The van der Waals surface area contributed by atoms with Gasteiger partial charge >= 0.3 is 0 Å². The van der Waals surface area contributed by atoms with Crippen LogP contribution >= 0.6 is 0 Å². The second kappa shape index (κ2) is 5.43. The van der Waals surface area contributed by atoms with E-state index in [0.717, 1.165) is 6.42 Å². The van der Waals surface area contributed by atoms with E-state index in [0.29, 0.717) is 0 Å². The van der Waals surface area contributed by atoms with Gasteiger partial charge in [-0.15, -0.1) is 0 Å². The highest BCUT2D eigenvalue weighted by atomic mass is 14.1. The first kappa shape index (κ1) is 10.8. The van der Waals surface area contributed by atoms with Gasteiger partial charge < -0.3 is 0 Å². The maximum absolute atomic E-state index is 2.27. The quantitative estimate of drug-likeness (QED) is 0.608. The van der Waals surface area contributed by atoms with E-state index in [1.54, 1.807) is 0 Å². The van der Waals surface area contributed by atoms with Crippen LogP contribution in [0.1, 0.15) is 32.8 Å². The molecule has 0 heterocycles. The number of allylic oxidation sites excluding steroid dienone is 4. The Morgan fingerprint density at radius 1 is 1.00 bits per heavy atom. The summed E-state index contributed by atoms with van der Waals surface area (Å²) in [7, 11) is 0. The van der Waals surface area contributed by atoms with Crippen LogP contribution in [0, 0.1) is 0 Å². The Bertz CT molecular complexity index is 328. The third kappa shape index (κ3) is 2.59. The Kier molecular flexibility index (Phi) is 4.18. The predicted octanol–water partition coefficient (Wildman–Crippen LogP) is 4.45. The minimum absolute atomic E-state index is 1.09. The molecule has 1 aliphatic rings. The maximum Gasteiger partial charge on any atom is -0.00857 e. The molecule has 0 atom stereocenters. The fraction of sp³-hybridized carbons (Fsp3) is 0.286. The molecule has 1 aromatic carbocycles. The molecular weight excluding hydrogens is 168 g/mol. The lowest BCUT2D eigenvalue weighted by Crippen LogP contribution is -1.77. The van der Waals surface area contributed by atoms with Gasteiger partial charge in [0.25, 0.3) is 0 Å². The van der Waals surface area contributed by atoms with Crippen molar-refractivity contribution in [2.24, 2.45) is 0 Å². The molecule has 0 radical (unpaired) electrons. The van der Waals surface area contributed by atoms with Crippen LogP contribution in [0.15, 0.2) is 48.1 Å². The number of rotatable bonds is 1. The second-order valence-electron chi connectivity index (χ2n) is 3.19. The lowest BCUT2D eigenvalue weighted by atomic mass is 10.1. The van der Waals surface area contributed by atoms with Crippen molar-refractivity contribution in [3.8, 4) is 0 Å². The molecule has 0 aromatic heterocycles. The third-order valence-electron chi connectivity index (χ3n) is 2.19. The van der Waals surface area contributed by atoms with Crippen molar-refractivity contribution in [1.29, 1.82) is 0 Å². The maximum atomic E-state index is 2.27. The van der Waals surface area contributed by atoms with Crippen LogP contribution in [0.25, 0.3) is 5.57 Å². The molecule has 0 fully saturated rings. The van der Waals surface area contributed by atoms with E-state index in [4.69, 9.17) is 0 Å². The average molecular weight is 186 g/mol. The van der Waals surface area contributed by atoms with Crippen molar-refractivity contribution in [2.75, 3.05) is 0 Å². The van der Waals surface area contributed by atoms with Crippen molar-refractivity contribution >= 4 is 5.57 Å². The van der Waals surface area contributed by atoms with Gasteiger partial charge in [-0.05, 0) is 24.5 Å². The largest absolute Gasteiger partial charge is 0.0772 e. The summed E-state index contributed by atoms with van der Waals surface area (Å²) in [4.78, 5) is 0. The molecule has 0 spiro atoms. The van der Waals surface area contributed by atoms with Crippen LogP contribution in [0.5, 0.6) is 0 Å². The van der Waals surface area contributed by atoms with E-state index in [2.05, 4.69) is 49.4 Å². The zero-order chi connectivity index (χ0) is 10.4. The second-order valence-corrected chi connectivity index (χ2v) is 3.19. The molecule has 0 saturated heterocycles. The normalized spacial score (nSPS) is 13.9. The molecule has 0 saturated carbocycles. The highest BCUT2D eigenvalue weighted by Gasteiger charge is 2.04. The summed E-state index contributed by atoms with van der Waals surface area (Å²) in [6.07, 6.45) is 5.62. The van der Waals surface area contributed by atoms with Crippen LogP contribution < -0.4 is 0 Å². The molecule has 1 aliphatic carbocycles. The molecule has 74 valence electrons. The van der Waals surface area contributed by atoms with Gasteiger partial charge in [-0.2, -0.15) is 0 Å². The van der Waals surface area contributed by atoms with Crippen LogP contribution in [0.3, 0.4) is 0 Å². The summed E-state index contributed by atoms with van der Waals surface area (Å²) in [5.41, 5.74) is 4.17. The number of hydrogen-bond donors (Lipinski definition) is 0. The van der Waals surface area contributed by atoms with Gasteiger partial charge in [-0.3, -0.25) is 0 Å². The van der Waals surface area contributed by atoms with E-state index in [1.807, 2.05) is 13.8 Å². The van der Waals surface area contributed by atoms with E-state index < -0.39 is 0 Å². The standard InChI is InChI=1S/C12H12.C2H6/c1-10-7-8-12(9-10)11-5-3-2-4-6-11;1-2/h2-7,9H,8H2,1H3;1-2H3. The Hall–Kier alpha value is -1.30. The molecule has 0 nitrogen and oxygen atoms in total. The van der Waals surface area contributed by atoms with Crippen LogP contribution in [-0.4, -0.2) is 0 Å². The van der Waals surface area contributed by atoms with Crippen molar-refractivity contribution in [3.63, 3.8) is 0 Å². The highest BCUT2D eigenvalue weighted by Crippen LogP contribution is 2.25. The van der Waals surface area contributed by atoms with Gasteiger partial charge in [-0.1, -0.05) is 61.9 Å². The van der Waals surface area contributed by atoms with Crippen molar-refractivity contribution in [3.05, 3.63) is 53.6 Å². The molecule has 0 heteroatoms. The van der Waals surface area contributed by atoms with Gasteiger partial charge in [0.15, 0.2) is 0 Å². The molecule has 0 unspecified atom stereocenters. The summed E-state index contributed by atoms with van der Waals surface area (Å²) in [6.45, 7) is 6.15. The molecule has 14 heavy (non-hydrogen) atoms. The molecule has 0 amide bonds. The first-order valence-electron chi connectivity index (χ1n) is 5.29. The van der Waals surface area contributed by atoms with Gasteiger partial charge in [0.1, 0.15) is 0 Å². The molecule has 1 aromatic rings. The van der Waals surface area contributed by atoms with Crippen LogP contribution in [0.2, 0.25) is 0 Å². The SMILES string of the molecule is CC.CC1=CCC(c2ccccc2)=C1. The van der Waals surface area contributed by atoms with E-state index in [-0.39, 0.29) is 0 Å². The molecule has 2 rings (SSSR count). The smallest absolute Gasteiger partial charge is 0.00857 e. The van der Waals surface area contributed by atoms with Crippen LogP contribution in [0.4, 0.5) is 0 Å². The molecule has 0 aliphatic heterocycles.